The quantitative estimate of drug-likeness (QED) is 0.401. The predicted molar refractivity (Wildman–Crippen MR) is 100 cm³/mol. The van der Waals surface area contributed by atoms with E-state index in [1.807, 2.05) is 0 Å². The normalized spacial score (nSPS) is 11.5. The number of carbonyl (C=O) groups is 1. The zero-order valence-corrected chi connectivity index (χ0v) is 15.8. The lowest BCUT2D eigenvalue weighted by molar-refractivity contribution is -0.274. The molecule has 0 aliphatic heterocycles. The van der Waals surface area contributed by atoms with Crippen LogP contribution in [0.2, 0.25) is 5.02 Å². The predicted octanol–water partition coefficient (Wildman–Crippen LogP) is 5.15. The molecule has 0 saturated heterocycles. The molecule has 4 aromatic rings. The van der Waals surface area contributed by atoms with Gasteiger partial charge in [-0.2, -0.15) is 5.10 Å². The largest absolute Gasteiger partial charge is 0.573 e. The van der Waals surface area contributed by atoms with Gasteiger partial charge in [0.2, 0.25) is 5.95 Å². The number of aromatic amines is 1. The summed E-state index contributed by atoms with van der Waals surface area (Å²) in [6.07, 6.45) is -3.75. The molecule has 2 aromatic carbocycles. The molecule has 0 unspecified atom stereocenters. The van der Waals surface area contributed by atoms with Crippen molar-refractivity contribution in [2.75, 3.05) is 0 Å². The van der Waals surface area contributed by atoms with Crippen LogP contribution in [0.4, 0.5) is 18.0 Å². The molecule has 0 aliphatic carbocycles. The summed E-state index contributed by atoms with van der Waals surface area (Å²) in [6, 6.07) is 7.88. The number of imidazole rings is 1. The van der Waals surface area contributed by atoms with Crippen molar-refractivity contribution in [3.8, 4) is 28.9 Å². The Bertz CT molecular complexity index is 1250. The van der Waals surface area contributed by atoms with Gasteiger partial charge >= 0.3 is 12.5 Å². The monoisotopic (exact) mass is 454 g/mol. The van der Waals surface area contributed by atoms with Gasteiger partial charge in [-0.15, -0.1) is 13.2 Å². The molecule has 0 spiro atoms. The first-order valence-corrected chi connectivity index (χ1v) is 8.73. The Morgan fingerprint density at radius 3 is 2.52 bits per heavy atom. The molecule has 160 valence electrons. The van der Waals surface area contributed by atoms with Gasteiger partial charge in [0.1, 0.15) is 17.2 Å². The zero-order valence-electron chi connectivity index (χ0n) is 15.1. The Kier molecular flexibility index (Phi) is 5.07. The van der Waals surface area contributed by atoms with E-state index in [9.17, 15) is 18.0 Å². The smallest absolute Gasteiger partial charge is 0.456 e. The van der Waals surface area contributed by atoms with E-state index in [2.05, 4.69) is 24.5 Å². The van der Waals surface area contributed by atoms with Crippen molar-refractivity contribution in [3.05, 3.63) is 53.8 Å². The van der Waals surface area contributed by atoms with Crippen LogP contribution in [0.3, 0.4) is 0 Å². The zero-order chi connectivity index (χ0) is 22.2. The minimum Gasteiger partial charge on any atom is -0.456 e. The van der Waals surface area contributed by atoms with Gasteiger partial charge in [-0.25, -0.2) is 14.5 Å². The maximum atomic E-state index is 12.3. The van der Waals surface area contributed by atoms with Crippen molar-refractivity contribution >= 4 is 28.8 Å². The molecule has 13 heteroatoms. The van der Waals surface area contributed by atoms with Crippen LogP contribution in [0.5, 0.6) is 23.0 Å². The Balaban J connectivity index is 1.56. The van der Waals surface area contributed by atoms with Gasteiger partial charge in [0.05, 0.1) is 28.4 Å². The average Bonchev–Trinajstić information content (AvgIpc) is 3.28. The van der Waals surface area contributed by atoms with Crippen LogP contribution in [0, 0.1) is 0 Å². The van der Waals surface area contributed by atoms with Crippen LogP contribution >= 0.6 is 11.6 Å². The molecule has 0 aliphatic rings. The Labute approximate surface area is 175 Å². The number of halogens is 4. The van der Waals surface area contributed by atoms with E-state index in [0.29, 0.717) is 11.0 Å². The molecular formula is C18H10ClF3N4O5. The minimum atomic E-state index is -4.79. The number of H-pyrrole nitrogens is 1. The summed E-state index contributed by atoms with van der Waals surface area (Å²) in [7, 11) is 0. The van der Waals surface area contributed by atoms with Gasteiger partial charge in [-0.3, -0.25) is 0 Å². The Morgan fingerprint density at radius 2 is 1.84 bits per heavy atom. The number of hydrogen-bond acceptors (Lipinski definition) is 6. The van der Waals surface area contributed by atoms with E-state index in [4.69, 9.17) is 21.4 Å². The molecule has 9 nitrogen and oxygen atoms in total. The number of rotatable bonds is 5. The molecule has 0 fully saturated rings. The summed E-state index contributed by atoms with van der Waals surface area (Å²) in [6.45, 7) is 0. The standard InChI is InChI=1S/C18H10ClF3N4O5/c19-12-5-13-14(25-16(24-13)26-8-11(7-23-26)30-17(27)28)6-15(12)29-9-1-3-10(4-2-9)31-18(20,21)22/h1-8H,(H,24,25)(H,27,28). The Morgan fingerprint density at radius 1 is 1.13 bits per heavy atom. The van der Waals surface area contributed by atoms with E-state index in [1.165, 1.54) is 35.3 Å². The molecule has 31 heavy (non-hydrogen) atoms. The molecular weight excluding hydrogens is 445 g/mol. The van der Waals surface area contributed by atoms with Crippen molar-refractivity contribution in [2.24, 2.45) is 0 Å². The molecule has 0 bridgehead atoms. The summed E-state index contributed by atoms with van der Waals surface area (Å²) in [5.41, 5.74) is 0.986. The highest BCUT2D eigenvalue weighted by atomic mass is 35.5. The number of carboxylic acid groups (broad SMARTS) is 1. The molecule has 0 saturated carbocycles. The van der Waals surface area contributed by atoms with E-state index in [1.54, 1.807) is 6.07 Å². The lowest BCUT2D eigenvalue weighted by atomic mass is 10.3. The number of ether oxygens (including phenoxy) is 3. The lowest BCUT2D eigenvalue weighted by Gasteiger charge is -2.10. The highest BCUT2D eigenvalue weighted by Crippen LogP contribution is 2.34. The molecule has 2 N–H and O–H groups in total. The SMILES string of the molecule is O=C(O)Oc1cnn(-c2nc3cc(Oc4ccc(OC(F)(F)F)cc4)c(Cl)cc3[nH]2)c1. The van der Waals surface area contributed by atoms with Crippen LogP contribution < -0.4 is 14.2 Å². The fourth-order valence-corrected chi connectivity index (χ4v) is 2.80. The van der Waals surface area contributed by atoms with Crippen molar-refractivity contribution < 1.29 is 37.3 Å². The summed E-state index contributed by atoms with van der Waals surface area (Å²) < 4.78 is 52.0. The first-order chi connectivity index (χ1) is 14.7. The number of fused-ring (bicyclic) bond motifs is 1. The number of hydrogen-bond donors (Lipinski definition) is 2. The first kappa shape index (κ1) is 20.3. The Hall–Kier alpha value is -3.93. The van der Waals surface area contributed by atoms with Crippen molar-refractivity contribution in [2.45, 2.75) is 6.36 Å². The van der Waals surface area contributed by atoms with Crippen LogP contribution in [0.15, 0.2) is 48.8 Å². The van der Waals surface area contributed by atoms with Crippen molar-refractivity contribution in [1.82, 2.24) is 19.7 Å². The highest BCUT2D eigenvalue weighted by molar-refractivity contribution is 6.32. The van der Waals surface area contributed by atoms with Crippen LogP contribution in [-0.2, 0) is 0 Å². The molecule has 0 amide bonds. The number of nitrogens with zero attached hydrogens (tertiary/aromatic N) is 3. The summed E-state index contributed by atoms with van der Waals surface area (Å²) in [5.74, 6) is 0.329. The topological polar surface area (TPSA) is 111 Å². The van der Waals surface area contributed by atoms with Gasteiger partial charge in [-0.1, -0.05) is 11.6 Å². The van der Waals surface area contributed by atoms with E-state index in [-0.39, 0.29) is 34.0 Å². The van der Waals surface area contributed by atoms with Crippen molar-refractivity contribution in [1.29, 1.82) is 0 Å². The minimum absolute atomic E-state index is 0.00737. The summed E-state index contributed by atoms with van der Waals surface area (Å²) in [5, 5.41) is 12.8. The van der Waals surface area contributed by atoms with Gasteiger partial charge in [0, 0.05) is 6.07 Å². The second-order valence-corrected chi connectivity index (χ2v) is 6.38. The number of nitrogens with one attached hydrogen (secondary N) is 1. The second kappa shape index (κ2) is 7.72. The fourth-order valence-electron chi connectivity index (χ4n) is 2.60. The average molecular weight is 455 g/mol. The highest BCUT2D eigenvalue weighted by Gasteiger charge is 2.31. The molecule has 0 atom stereocenters. The molecule has 2 aromatic heterocycles. The molecule has 0 radical (unpaired) electrons. The number of aromatic nitrogens is 4. The number of benzene rings is 2. The molecule has 4 rings (SSSR count). The van der Waals surface area contributed by atoms with Crippen LogP contribution in [0.25, 0.3) is 17.0 Å². The molecule has 2 heterocycles. The van der Waals surface area contributed by atoms with Crippen molar-refractivity contribution in [3.63, 3.8) is 0 Å². The van der Waals surface area contributed by atoms with Gasteiger partial charge < -0.3 is 24.3 Å². The maximum Gasteiger partial charge on any atom is 0.573 e. The van der Waals surface area contributed by atoms with Gasteiger partial charge in [0.15, 0.2) is 5.75 Å². The number of alkyl halides is 3. The van der Waals surface area contributed by atoms with Gasteiger partial charge in [-0.05, 0) is 30.3 Å². The second-order valence-electron chi connectivity index (χ2n) is 5.97. The third kappa shape index (κ3) is 4.80. The van der Waals surface area contributed by atoms with Crippen LogP contribution in [0.1, 0.15) is 0 Å². The van der Waals surface area contributed by atoms with Gasteiger partial charge in [0.25, 0.3) is 0 Å². The summed E-state index contributed by atoms with van der Waals surface area (Å²) in [4.78, 5) is 17.9. The van der Waals surface area contributed by atoms with E-state index >= 15 is 0 Å². The first-order valence-electron chi connectivity index (χ1n) is 8.35. The fraction of sp³-hybridized carbons (Fsp3) is 0.0556. The maximum absolute atomic E-state index is 12.3. The summed E-state index contributed by atoms with van der Waals surface area (Å²) >= 11 is 6.23. The lowest BCUT2D eigenvalue weighted by Crippen LogP contribution is -2.16. The van der Waals surface area contributed by atoms with Crippen LogP contribution in [-0.4, -0.2) is 37.4 Å². The van der Waals surface area contributed by atoms with E-state index in [0.717, 1.165) is 12.1 Å². The third-order valence-corrected chi connectivity index (χ3v) is 4.08. The third-order valence-electron chi connectivity index (χ3n) is 3.79. The van der Waals surface area contributed by atoms with E-state index < -0.39 is 12.5 Å².